The molecule has 3 rings (SSSR count). The predicted octanol–water partition coefficient (Wildman–Crippen LogP) is 4.28. The first-order valence-corrected chi connectivity index (χ1v) is 6.87. The zero-order chi connectivity index (χ0) is 14.7. The van der Waals surface area contributed by atoms with Gasteiger partial charge >= 0.3 is 0 Å². The minimum absolute atomic E-state index is 0.305. The molecule has 3 aromatic rings. The van der Waals surface area contributed by atoms with E-state index in [9.17, 15) is 4.39 Å². The lowest BCUT2D eigenvalue weighted by Crippen LogP contribution is -2.03. The first-order chi connectivity index (χ1) is 10.2. The highest BCUT2D eigenvalue weighted by atomic mass is 35.5. The summed E-state index contributed by atoms with van der Waals surface area (Å²) in [4.78, 5) is 4.02. The van der Waals surface area contributed by atoms with Gasteiger partial charge in [0.05, 0.1) is 6.33 Å². The normalized spacial score (nSPS) is 10.6. The fraction of sp³-hybridized carbons (Fsp3) is 0.0625. The lowest BCUT2D eigenvalue weighted by Gasteiger charge is -2.10. The van der Waals surface area contributed by atoms with Gasteiger partial charge in [0.1, 0.15) is 5.82 Å². The SMILES string of the molecule is Fc1cccc(Cl)c1CNc1cccc(-n2ccnc2)c1. The average molecular weight is 302 g/mol. The van der Waals surface area contributed by atoms with Crippen LogP contribution in [0.2, 0.25) is 5.02 Å². The fourth-order valence-corrected chi connectivity index (χ4v) is 2.31. The smallest absolute Gasteiger partial charge is 0.129 e. The van der Waals surface area contributed by atoms with E-state index in [4.69, 9.17) is 11.6 Å². The second-order valence-electron chi connectivity index (χ2n) is 4.57. The number of aromatic nitrogens is 2. The molecule has 21 heavy (non-hydrogen) atoms. The van der Waals surface area contributed by atoms with Crippen molar-refractivity contribution in [3.8, 4) is 5.69 Å². The lowest BCUT2D eigenvalue weighted by molar-refractivity contribution is 0.613. The van der Waals surface area contributed by atoms with Gasteiger partial charge in [0.2, 0.25) is 0 Å². The molecule has 106 valence electrons. The number of hydrogen-bond acceptors (Lipinski definition) is 2. The molecule has 1 N–H and O–H groups in total. The highest BCUT2D eigenvalue weighted by Gasteiger charge is 2.06. The molecule has 1 heterocycles. The fourth-order valence-electron chi connectivity index (χ4n) is 2.08. The molecular weight excluding hydrogens is 289 g/mol. The molecule has 0 unspecified atom stereocenters. The first kappa shape index (κ1) is 13.6. The molecule has 0 saturated heterocycles. The summed E-state index contributed by atoms with van der Waals surface area (Å²) in [5, 5.41) is 3.61. The summed E-state index contributed by atoms with van der Waals surface area (Å²) in [6.45, 7) is 0.332. The van der Waals surface area contributed by atoms with Crippen LogP contribution in [0.1, 0.15) is 5.56 Å². The van der Waals surface area contributed by atoms with Crippen LogP contribution in [-0.4, -0.2) is 9.55 Å². The number of anilines is 1. The van der Waals surface area contributed by atoms with Gasteiger partial charge < -0.3 is 9.88 Å². The number of rotatable bonds is 4. The third-order valence-corrected chi connectivity index (χ3v) is 3.53. The zero-order valence-corrected chi connectivity index (χ0v) is 11.9. The molecule has 3 nitrogen and oxygen atoms in total. The van der Waals surface area contributed by atoms with Crippen LogP contribution < -0.4 is 5.32 Å². The Morgan fingerprint density at radius 2 is 2.05 bits per heavy atom. The van der Waals surface area contributed by atoms with E-state index in [1.54, 1.807) is 24.7 Å². The number of nitrogens with zero attached hydrogens (tertiary/aromatic N) is 2. The molecule has 5 heteroatoms. The van der Waals surface area contributed by atoms with E-state index in [0.717, 1.165) is 11.4 Å². The summed E-state index contributed by atoms with van der Waals surface area (Å²) in [6, 6.07) is 12.5. The third kappa shape index (κ3) is 3.06. The number of benzene rings is 2. The summed E-state index contributed by atoms with van der Waals surface area (Å²) in [5.74, 6) is -0.305. The molecule has 0 bridgehead atoms. The molecule has 0 radical (unpaired) electrons. The van der Waals surface area contributed by atoms with Gasteiger partial charge in [-0.2, -0.15) is 0 Å². The number of imidazole rings is 1. The van der Waals surface area contributed by atoms with Crippen molar-refractivity contribution in [2.24, 2.45) is 0 Å². The maximum atomic E-state index is 13.7. The van der Waals surface area contributed by atoms with Crippen molar-refractivity contribution < 1.29 is 4.39 Å². The van der Waals surface area contributed by atoms with Crippen molar-refractivity contribution in [1.29, 1.82) is 0 Å². The van der Waals surface area contributed by atoms with Crippen LogP contribution >= 0.6 is 11.6 Å². The maximum absolute atomic E-state index is 13.7. The Labute approximate surface area is 127 Å². The zero-order valence-electron chi connectivity index (χ0n) is 11.1. The van der Waals surface area contributed by atoms with Gasteiger partial charge in [-0.25, -0.2) is 9.37 Å². The maximum Gasteiger partial charge on any atom is 0.129 e. The molecule has 1 aromatic heterocycles. The highest BCUT2D eigenvalue weighted by Crippen LogP contribution is 2.21. The third-order valence-electron chi connectivity index (χ3n) is 3.18. The summed E-state index contributed by atoms with van der Waals surface area (Å²) >= 11 is 6.02. The molecule has 0 fully saturated rings. The Kier molecular flexibility index (Phi) is 3.88. The van der Waals surface area contributed by atoms with Crippen molar-refractivity contribution in [2.45, 2.75) is 6.54 Å². The molecule has 0 aliphatic carbocycles. The second-order valence-corrected chi connectivity index (χ2v) is 4.98. The molecule has 0 saturated carbocycles. The number of hydrogen-bond donors (Lipinski definition) is 1. The van der Waals surface area contributed by atoms with E-state index in [1.165, 1.54) is 6.07 Å². The van der Waals surface area contributed by atoms with Crippen molar-refractivity contribution in [3.63, 3.8) is 0 Å². The van der Waals surface area contributed by atoms with E-state index in [2.05, 4.69) is 10.3 Å². The molecule has 0 atom stereocenters. The van der Waals surface area contributed by atoms with Gasteiger partial charge in [0, 0.05) is 40.9 Å². The Bertz CT molecular complexity index is 721. The van der Waals surface area contributed by atoms with Crippen molar-refractivity contribution >= 4 is 17.3 Å². The van der Waals surface area contributed by atoms with Gasteiger partial charge in [-0.15, -0.1) is 0 Å². The summed E-state index contributed by atoms with van der Waals surface area (Å²) in [5.41, 5.74) is 2.34. The highest BCUT2D eigenvalue weighted by molar-refractivity contribution is 6.31. The van der Waals surface area contributed by atoms with Crippen LogP contribution in [-0.2, 0) is 6.54 Å². The summed E-state index contributed by atoms with van der Waals surface area (Å²) in [7, 11) is 0. The van der Waals surface area contributed by atoms with Crippen molar-refractivity contribution in [3.05, 3.63) is 77.6 Å². The lowest BCUT2D eigenvalue weighted by atomic mass is 10.2. The van der Waals surface area contributed by atoms with Crippen LogP contribution in [0, 0.1) is 5.82 Å². The Morgan fingerprint density at radius 3 is 2.81 bits per heavy atom. The van der Waals surface area contributed by atoms with Crippen molar-refractivity contribution in [1.82, 2.24) is 9.55 Å². The van der Waals surface area contributed by atoms with Crippen LogP contribution in [0.15, 0.2) is 61.2 Å². The Morgan fingerprint density at radius 1 is 1.19 bits per heavy atom. The van der Waals surface area contributed by atoms with Gasteiger partial charge in [0.15, 0.2) is 0 Å². The van der Waals surface area contributed by atoms with Crippen LogP contribution in [0.4, 0.5) is 10.1 Å². The number of nitrogens with one attached hydrogen (secondary N) is 1. The van der Waals surface area contributed by atoms with E-state index in [0.29, 0.717) is 17.1 Å². The Balaban J connectivity index is 1.78. The summed E-state index contributed by atoms with van der Waals surface area (Å²) < 4.78 is 15.6. The van der Waals surface area contributed by atoms with Crippen molar-refractivity contribution in [2.75, 3.05) is 5.32 Å². The Hall–Kier alpha value is -2.33. The predicted molar refractivity (Wildman–Crippen MR) is 82.3 cm³/mol. The summed E-state index contributed by atoms with van der Waals surface area (Å²) in [6.07, 6.45) is 5.32. The monoisotopic (exact) mass is 301 g/mol. The van der Waals surface area contributed by atoms with Gasteiger partial charge in [-0.1, -0.05) is 23.7 Å². The molecule has 2 aromatic carbocycles. The van der Waals surface area contributed by atoms with Gasteiger partial charge in [-0.05, 0) is 30.3 Å². The van der Waals surface area contributed by atoms with E-state index in [1.807, 2.05) is 35.0 Å². The molecular formula is C16H13ClFN3. The van der Waals surface area contributed by atoms with E-state index >= 15 is 0 Å². The topological polar surface area (TPSA) is 29.9 Å². The minimum Gasteiger partial charge on any atom is -0.381 e. The van der Waals surface area contributed by atoms with Gasteiger partial charge in [-0.3, -0.25) is 0 Å². The van der Waals surface area contributed by atoms with Crippen LogP contribution in [0.25, 0.3) is 5.69 Å². The quantitative estimate of drug-likeness (QED) is 0.779. The number of halogens is 2. The van der Waals surface area contributed by atoms with Gasteiger partial charge in [0.25, 0.3) is 0 Å². The molecule has 0 aliphatic rings. The molecule has 0 spiro atoms. The first-order valence-electron chi connectivity index (χ1n) is 6.49. The minimum atomic E-state index is -0.305. The molecule has 0 aliphatic heterocycles. The van der Waals surface area contributed by atoms with E-state index in [-0.39, 0.29) is 5.82 Å². The van der Waals surface area contributed by atoms with Crippen LogP contribution in [0.3, 0.4) is 0 Å². The average Bonchev–Trinajstić information content (AvgIpc) is 3.01. The molecule has 0 amide bonds. The largest absolute Gasteiger partial charge is 0.381 e. The van der Waals surface area contributed by atoms with E-state index < -0.39 is 0 Å². The van der Waals surface area contributed by atoms with Crippen LogP contribution in [0.5, 0.6) is 0 Å². The second kappa shape index (κ2) is 5.97. The standard InChI is InChI=1S/C16H13ClFN3/c17-15-5-2-6-16(18)14(15)10-20-12-3-1-4-13(9-12)21-8-7-19-11-21/h1-9,11,20H,10H2.